The van der Waals surface area contributed by atoms with Crippen molar-refractivity contribution < 1.29 is 4.39 Å². The summed E-state index contributed by atoms with van der Waals surface area (Å²) in [5, 5.41) is 10.0. The van der Waals surface area contributed by atoms with Gasteiger partial charge in [0.15, 0.2) is 0 Å². The minimum atomic E-state index is -0.278. The number of nitrogens with one attached hydrogen (secondary N) is 3. The first-order chi connectivity index (χ1) is 19.2. The second-order valence-electron chi connectivity index (χ2n) is 9.91. The zero-order valence-electron chi connectivity index (χ0n) is 23.6. The van der Waals surface area contributed by atoms with Crippen LogP contribution < -0.4 is 16.0 Å². The largest absolute Gasteiger partial charge is 0.388 e. The van der Waals surface area contributed by atoms with E-state index in [9.17, 15) is 4.39 Å². The van der Waals surface area contributed by atoms with E-state index >= 15 is 0 Å². The first kappa shape index (κ1) is 28.4. The maximum Gasteiger partial charge on any atom is 0.133 e. The van der Waals surface area contributed by atoms with Crippen molar-refractivity contribution >= 4 is 22.7 Å². The lowest BCUT2D eigenvalue weighted by molar-refractivity contribution is 0.628. The monoisotopic (exact) mass is 532 g/mol. The van der Waals surface area contributed by atoms with Gasteiger partial charge in [0.1, 0.15) is 11.6 Å². The van der Waals surface area contributed by atoms with Crippen molar-refractivity contribution in [2.45, 2.75) is 26.7 Å². The van der Waals surface area contributed by atoms with Crippen molar-refractivity contribution in [3.8, 4) is 11.1 Å². The van der Waals surface area contributed by atoms with Crippen LogP contribution in [0, 0.1) is 18.7 Å². The number of pyridine rings is 1. The van der Waals surface area contributed by atoms with Gasteiger partial charge in [-0.1, -0.05) is 50.6 Å². The molecule has 3 aromatic rings. The number of nitrogens with zero attached hydrogens (tertiary/aromatic N) is 1. The van der Waals surface area contributed by atoms with Gasteiger partial charge >= 0.3 is 0 Å². The summed E-state index contributed by atoms with van der Waals surface area (Å²) in [4.78, 5) is 4.52. The Morgan fingerprint density at radius 1 is 1.07 bits per heavy atom. The van der Waals surface area contributed by atoms with Crippen molar-refractivity contribution in [3.63, 3.8) is 0 Å². The number of aromatic nitrogens is 1. The van der Waals surface area contributed by atoms with Gasteiger partial charge in [0, 0.05) is 41.6 Å². The zero-order chi connectivity index (χ0) is 28.8. The van der Waals surface area contributed by atoms with Crippen molar-refractivity contribution in [2.24, 2.45) is 5.92 Å². The summed E-state index contributed by atoms with van der Waals surface area (Å²) in [5.41, 5.74) is 9.80. The van der Waals surface area contributed by atoms with E-state index in [2.05, 4.69) is 71.5 Å². The van der Waals surface area contributed by atoms with E-state index < -0.39 is 0 Å². The number of rotatable bonds is 12. The summed E-state index contributed by atoms with van der Waals surface area (Å²) in [7, 11) is 1.88. The highest BCUT2D eigenvalue weighted by Crippen LogP contribution is 2.35. The molecule has 40 heavy (non-hydrogen) atoms. The SMILES string of the molecule is C=C/C(=C\C(=C/C)c1ccc(NC)c(C(=C)C(=C)Nc2nccc(-c3cccc(F)c3)c2C)c1)NC(=C)C1CC1. The molecule has 1 aliphatic carbocycles. The Morgan fingerprint density at radius 3 is 2.50 bits per heavy atom. The van der Waals surface area contributed by atoms with Crippen LogP contribution in [0.15, 0.2) is 116 Å². The zero-order valence-corrected chi connectivity index (χ0v) is 23.6. The van der Waals surface area contributed by atoms with Gasteiger partial charge in [-0.05, 0) is 108 Å². The molecule has 1 aromatic heterocycles. The second-order valence-corrected chi connectivity index (χ2v) is 9.91. The van der Waals surface area contributed by atoms with Gasteiger partial charge in [0.25, 0.3) is 0 Å². The summed E-state index contributed by atoms with van der Waals surface area (Å²) < 4.78 is 13.9. The Morgan fingerprint density at radius 2 is 1.85 bits per heavy atom. The molecule has 4 nitrogen and oxygen atoms in total. The maximum absolute atomic E-state index is 13.9. The molecule has 1 heterocycles. The molecule has 0 amide bonds. The molecule has 1 saturated carbocycles. The maximum atomic E-state index is 13.9. The number of anilines is 2. The minimum Gasteiger partial charge on any atom is -0.388 e. The Kier molecular flexibility index (Phi) is 8.85. The number of hydrogen-bond acceptors (Lipinski definition) is 4. The predicted octanol–water partition coefficient (Wildman–Crippen LogP) is 8.86. The van der Waals surface area contributed by atoms with E-state index in [4.69, 9.17) is 0 Å². The fourth-order valence-electron chi connectivity index (χ4n) is 4.57. The highest BCUT2D eigenvalue weighted by Gasteiger charge is 2.24. The quantitative estimate of drug-likeness (QED) is 0.204. The van der Waals surface area contributed by atoms with E-state index in [0.29, 0.717) is 17.4 Å². The third-order valence-electron chi connectivity index (χ3n) is 7.14. The van der Waals surface area contributed by atoms with Crippen LogP contribution >= 0.6 is 0 Å². The van der Waals surface area contributed by atoms with Gasteiger partial charge in [-0.15, -0.1) is 0 Å². The lowest BCUT2D eigenvalue weighted by Gasteiger charge is -2.19. The molecule has 0 radical (unpaired) electrons. The molecular weight excluding hydrogens is 495 g/mol. The molecule has 0 atom stereocenters. The van der Waals surface area contributed by atoms with E-state index in [1.165, 1.54) is 25.0 Å². The minimum absolute atomic E-state index is 0.278. The molecule has 0 aliphatic heterocycles. The number of allylic oxidation sites excluding steroid dienone is 6. The van der Waals surface area contributed by atoms with Crippen molar-refractivity contribution in [2.75, 3.05) is 17.7 Å². The van der Waals surface area contributed by atoms with E-state index in [0.717, 1.165) is 56.0 Å². The van der Waals surface area contributed by atoms with Crippen LogP contribution in [0.5, 0.6) is 0 Å². The highest BCUT2D eigenvalue weighted by molar-refractivity contribution is 5.89. The lowest BCUT2D eigenvalue weighted by atomic mass is 9.95. The van der Waals surface area contributed by atoms with E-state index in [-0.39, 0.29) is 5.82 Å². The molecule has 2 aromatic carbocycles. The van der Waals surface area contributed by atoms with Crippen LogP contribution in [0.3, 0.4) is 0 Å². The molecule has 0 bridgehead atoms. The van der Waals surface area contributed by atoms with Crippen LogP contribution in [-0.4, -0.2) is 12.0 Å². The van der Waals surface area contributed by atoms with Crippen LogP contribution in [0.25, 0.3) is 22.3 Å². The van der Waals surface area contributed by atoms with E-state index in [1.807, 2.05) is 45.2 Å². The standard InChI is InChI=1S/C35H37FN4/c1-8-26(20-31(9-2)39-25(6)27-13-14-27)28-15-16-34(37-7)33(21-28)22(3)24(5)40-35-23(4)32(17-18-38-35)29-11-10-12-30(36)19-29/h8-12,15-21,27,37,39H,2-3,5-6,13-14H2,1,4,7H3,(H,38,40)/b26-8+,31-20+. The Balaban J connectivity index is 1.60. The second kappa shape index (κ2) is 12.5. The van der Waals surface area contributed by atoms with Gasteiger partial charge in [-0.2, -0.15) is 0 Å². The fraction of sp³-hybridized carbons (Fsp3) is 0.171. The summed E-state index contributed by atoms with van der Waals surface area (Å²) in [6, 6.07) is 14.7. The summed E-state index contributed by atoms with van der Waals surface area (Å²) in [6.07, 6.45) is 10.1. The van der Waals surface area contributed by atoms with Crippen molar-refractivity contribution in [1.82, 2.24) is 10.3 Å². The van der Waals surface area contributed by atoms with Crippen molar-refractivity contribution in [3.05, 3.63) is 139 Å². The Labute approximate surface area is 237 Å². The van der Waals surface area contributed by atoms with Gasteiger partial charge in [0.2, 0.25) is 0 Å². The smallest absolute Gasteiger partial charge is 0.133 e. The number of hydrogen-bond donors (Lipinski definition) is 3. The Bertz CT molecular complexity index is 1540. The summed E-state index contributed by atoms with van der Waals surface area (Å²) in [6.45, 7) is 20.8. The number of benzene rings is 2. The van der Waals surface area contributed by atoms with Crippen LogP contribution in [0.1, 0.15) is 36.5 Å². The van der Waals surface area contributed by atoms with Crippen molar-refractivity contribution in [1.29, 1.82) is 0 Å². The average Bonchev–Trinajstić information content (AvgIpc) is 3.81. The van der Waals surface area contributed by atoms with Crippen LogP contribution in [0.4, 0.5) is 15.9 Å². The van der Waals surface area contributed by atoms with Gasteiger partial charge in [-0.3, -0.25) is 0 Å². The molecule has 204 valence electrons. The lowest BCUT2D eigenvalue weighted by Crippen LogP contribution is -2.11. The van der Waals surface area contributed by atoms with Gasteiger partial charge in [0.05, 0.1) is 0 Å². The van der Waals surface area contributed by atoms with Crippen LogP contribution in [-0.2, 0) is 0 Å². The molecule has 0 saturated heterocycles. The topological polar surface area (TPSA) is 49.0 Å². The highest BCUT2D eigenvalue weighted by atomic mass is 19.1. The molecular formula is C35H37FN4. The first-order valence-electron chi connectivity index (χ1n) is 13.4. The van der Waals surface area contributed by atoms with E-state index in [1.54, 1.807) is 12.3 Å². The molecule has 1 aliphatic rings. The number of halogens is 1. The van der Waals surface area contributed by atoms with Gasteiger partial charge < -0.3 is 16.0 Å². The predicted molar refractivity (Wildman–Crippen MR) is 169 cm³/mol. The fourth-order valence-corrected chi connectivity index (χ4v) is 4.57. The first-order valence-corrected chi connectivity index (χ1v) is 13.4. The third-order valence-corrected chi connectivity index (χ3v) is 7.14. The van der Waals surface area contributed by atoms with Gasteiger partial charge in [-0.25, -0.2) is 9.37 Å². The summed E-state index contributed by atoms with van der Waals surface area (Å²) in [5.74, 6) is 0.915. The average molecular weight is 533 g/mol. The molecule has 5 heteroatoms. The summed E-state index contributed by atoms with van der Waals surface area (Å²) >= 11 is 0. The molecule has 0 spiro atoms. The van der Waals surface area contributed by atoms with Crippen LogP contribution in [0.2, 0.25) is 0 Å². The third kappa shape index (κ3) is 6.49. The Hall–Kier alpha value is -4.64. The normalized spacial score (nSPS) is 13.4. The molecule has 1 fully saturated rings. The molecule has 4 rings (SSSR count). The molecule has 3 N–H and O–H groups in total. The molecule has 0 unspecified atom stereocenters.